The van der Waals surface area contributed by atoms with Crippen LogP contribution in [0.15, 0.2) is 60.7 Å². The average Bonchev–Trinajstić information content (AvgIpc) is 2.59. The molecule has 0 bridgehead atoms. The summed E-state index contributed by atoms with van der Waals surface area (Å²) in [6.07, 6.45) is 0. The van der Waals surface area contributed by atoms with Crippen molar-refractivity contribution in [2.75, 3.05) is 0 Å². The first-order chi connectivity index (χ1) is 11.7. The summed E-state index contributed by atoms with van der Waals surface area (Å²) in [5.41, 5.74) is -0.654. The number of benzene rings is 2. The molecule has 2 aromatic rings. The summed E-state index contributed by atoms with van der Waals surface area (Å²) in [5.74, 6) is -1.18. The summed E-state index contributed by atoms with van der Waals surface area (Å²) in [6.45, 7) is 5.35. The van der Waals surface area contributed by atoms with Crippen LogP contribution in [0, 0.1) is 5.41 Å². The highest BCUT2D eigenvalue weighted by Gasteiger charge is 2.42. The van der Waals surface area contributed by atoms with Crippen molar-refractivity contribution in [3.05, 3.63) is 60.7 Å². The van der Waals surface area contributed by atoms with Crippen molar-refractivity contribution < 1.29 is 9.36 Å². The molecule has 0 aliphatic carbocycles. The lowest BCUT2D eigenvalue weighted by atomic mass is 9.96. The van der Waals surface area contributed by atoms with Gasteiger partial charge in [0.05, 0.1) is 0 Å². The minimum atomic E-state index is -3.31. The fourth-order valence-electron chi connectivity index (χ4n) is 2.43. The Kier molecular flexibility index (Phi) is 6.37. The quantitative estimate of drug-likeness (QED) is 0.603. The van der Waals surface area contributed by atoms with E-state index in [2.05, 4.69) is 5.32 Å². The van der Waals surface area contributed by atoms with Gasteiger partial charge in [0.1, 0.15) is 10.6 Å². The van der Waals surface area contributed by atoms with Gasteiger partial charge in [-0.25, -0.2) is 0 Å². The topological polar surface area (TPSA) is 46.2 Å². The molecule has 0 aliphatic rings. The van der Waals surface area contributed by atoms with E-state index in [4.69, 9.17) is 23.2 Å². The Balaban J connectivity index is 2.60. The van der Waals surface area contributed by atoms with Gasteiger partial charge in [-0.05, 0) is 0 Å². The number of halogens is 2. The van der Waals surface area contributed by atoms with E-state index >= 15 is 0 Å². The highest BCUT2D eigenvalue weighted by Crippen LogP contribution is 2.50. The summed E-state index contributed by atoms with van der Waals surface area (Å²) in [5, 5.41) is 4.03. The molecule has 1 unspecified atom stereocenters. The van der Waals surface area contributed by atoms with Gasteiger partial charge >= 0.3 is 0 Å². The zero-order chi connectivity index (χ0) is 18.7. The molecular weight excluding hydrogens is 376 g/mol. The molecule has 0 saturated carbocycles. The molecule has 0 heterocycles. The van der Waals surface area contributed by atoms with Gasteiger partial charge in [0.15, 0.2) is 7.14 Å². The normalized spacial score (nSPS) is 13.5. The van der Waals surface area contributed by atoms with Gasteiger partial charge in [0, 0.05) is 16.0 Å². The average molecular weight is 398 g/mol. The molecule has 2 aromatic carbocycles. The number of hydrogen-bond donors (Lipinski definition) is 1. The monoisotopic (exact) mass is 397 g/mol. The number of carbonyl (C=O) groups is 1. The van der Waals surface area contributed by atoms with E-state index in [1.165, 1.54) is 0 Å². The van der Waals surface area contributed by atoms with Crippen LogP contribution in [0.2, 0.25) is 0 Å². The Morgan fingerprint density at radius 2 is 1.32 bits per heavy atom. The van der Waals surface area contributed by atoms with Crippen molar-refractivity contribution >= 4 is 46.9 Å². The molecule has 0 radical (unpaired) electrons. The molecule has 0 aromatic heterocycles. The van der Waals surface area contributed by atoms with E-state index in [-0.39, 0.29) is 5.91 Å². The van der Waals surface area contributed by atoms with Gasteiger partial charge < -0.3 is 9.88 Å². The lowest BCUT2D eigenvalue weighted by Gasteiger charge is -2.32. The Morgan fingerprint density at radius 3 is 1.64 bits per heavy atom. The second kappa shape index (κ2) is 7.95. The summed E-state index contributed by atoms with van der Waals surface area (Å²) in [7, 11) is -3.31. The van der Waals surface area contributed by atoms with Gasteiger partial charge in [0.2, 0.25) is 5.91 Å². The maximum atomic E-state index is 14.2. The van der Waals surface area contributed by atoms with Crippen LogP contribution < -0.4 is 15.9 Å². The Bertz CT molecular complexity index is 714. The van der Waals surface area contributed by atoms with E-state index in [1.807, 2.05) is 36.4 Å². The van der Waals surface area contributed by atoms with Gasteiger partial charge in [-0.2, -0.15) is 0 Å². The lowest BCUT2D eigenvalue weighted by molar-refractivity contribution is -0.128. The van der Waals surface area contributed by atoms with E-state index in [0.29, 0.717) is 10.6 Å². The Morgan fingerprint density at radius 1 is 0.920 bits per heavy atom. The zero-order valence-corrected chi connectivity index (χ0v) is 16.9. The van der Waals surface area contributed by atoms with Gasteiger partial charge in [-0.15, -0.1) is 23.2 Å². The summed E-state index contributed by atoms with van der Waals surface area (Å²) in [6, 6.07) is 18.0. The van der Waals surface area contributed by atoms with Crippen LogP contribution >= 0.6 is 30.3 Å². The first kappa shape index (κ1) is 20.0. The molecular formula is C19H22Cl2NO2P. The molecule has 134 valence electrons. The van der Waals surface area contributed by atoms with E-state index in [1.54, 1.807) is 45.0 Å². The van der Waals surface area contributed by atoms with Crippen LogP contribution in [0.3, 0.4) is 0 Å². The highest BCUT2D eigenvalue weighted by molar-refractivity contribution is 7.79. The molecule has 1 N–H and O–H groups in total. The molecule has 2 rings (SSSR count). The van der Waals surface area contributed by atoms with Gasteiger partial charge in [0.25, 0.3) is 0 Å². The summed E-state index contributed by atoms with van der Waals surface area (Å²) < 4.78 is 14.2. The van der Waals surface area contributed by atoms with Crippen LogP contribution in [0.4, 0.5) is 0 Å². The fraction of sp³-hybridized carbons (Fsp3) is 0.316. The molecule has 0 aliphatic heterocycles. The maximum absolute atomic E-state index is 14.2. The predicted molar refractivity (Wildman–Crippen MR) is 107 cm³/mol. The maximum Gasteiger partial charge on any atom is 0.226 e. The van der Waals surface area contributed by atoms with Crippen LogP contribution in [-0.4, -0.2) is 16.5 Å². The molecule has 1 atom stereocenters. The largest absolute Gasteiger partial charge is 0.343 e. The van der Waals surface area contributed by atoms with Crippen molar-refractivity contribution in [3.63, 3.8) is 0 Å². The lowest BCUT2D eigenvalue weighted by Crippen LogP contribution is -2.47. The molecule has 0 fully saturated rings. The zero-order valence-electron chi connectivity index (χ0n) is 14.4. The van der Waals surface area contributed by atoms with Crippen LogP contribution in [-0.2, 0) is 9.36 Å². The standard InChI is InChI=1S/C19H22Cl2NO2P/c1-19(2,3)18(23)22-17(16(20)21)25(24,14-10-6-4-7-11-14)15-12-8-5-9-13-15/h4-13,16-17H,1-3H3,(H,22,23). The number of nitrogens with one attached hydrogen (secondary N) is 1. The third-order valence-electron chi connectivity index (χ3n) is 3.87. The molecule has 25 heavy (non-hydrogen) atoms. The fourth-order valence-corrected chi connectivity index (χ4v) is 6.30. The SMILES string of the molecule is CC(C)(C)C(=O)NC(C(Cl)Cl)P(=O)(c1ccccc1)c1ccccc1. The number of alkyl halides is 2. The number of carbonyl (C=O) groups excluding carboxylic acids is 1. The predicted octanol–water partition coefficient (Wildman–Crippen LogP) is 4.29. The van der Waals surface area contributed by atoms with Gasteiger partial charge in [-0.3, -0.25) is 4.79 Å². The third kappa shape index (κ3) is 4.47. The second-order valence-electron chi connectivity index (χ2n) is 6.83. The summed E-state index contributed by atoms with van der Waals surface area (Å²) >= 11 is 12.4. The molecule has 3 nitrogen and oxygen atoms in total. The third-order valence-corrected chi connectivity index (χ3v) is 8.07. The number of amides is 1. The molecule has 1 amide bonds. The van der Waals surface area contributed by atoms with Crippen LogP contribution in [0.1, 0.15) is 20.8 Å². The highest BCUT2D eigenvalue weighted by atomic mass is 35.5. The molecule has 0 saturated heterocycles. The van der Waals surface area contributed by atoms with Crippen LogP contribution in [0.5, 0.6) is 0 Å². The first-order valence-electron chi connectivity index (χ1n) is 7.97. The first-order valence-corrected chi connectivity index (χ1v) is 10.6. The Labute approximate surface area is 159 Å². The van der Waals surface area contributed by atoms with Crippen LogP contribution in [0.25, 0.3) is 0 Å². The second-order valence-corrected chi connectivity index (χ2v) is 10.9. The van der Waals surface area contributed by atoms with Gasteiger partial charge in [-0.1, -0.05) is 81.4 Å². The smallest absolute Gasteiger partial charge is 0.226 e. The number of hydrogen-bond acceptors (Lipinski definition) is 2. The minimum Gasteiger partial charge on any atom is -0.343 e. The van der Waals surface area contributed by atoms with E-state index in [0.717, 1.165) is 0 Å². The van der Waals surface area contributed by atoms with E-state index in [9.17, 15) is 9.36 Å². The van der Waals surface area contributed by atoms with Crippen molar-refractivity contribution in [1.82, 2.24) is 5.32 Å². The molecule has 0 spiro atoms. The van der Waals surface area contributed by atoms with Crippen molar-refractivity contribution in [3.8, 4) is 0 Å². The van der Waals surface area contributed by atoms with E-state index < -0.39 is 23.2 Å². The van der Waals surface area contributed by atoms with Crippen molar-refractivity contribution in [1.29, 1.82) is 0 Å². The number of rotatable bonds is 5. The summed E-state index contributed by atoms with van der Waals surface area (Å²) in [4.78, 5) is 11.5. The molecule has 6 heteroatoms. The van der Waals surface area contributed by atoms with Crippen molar-refractivity contribution in [2.24, 2.45) is 5.41 Å². The van der Waals surface area contributed by atoms with Crippen molar-refractivity contribution in [2.45, 2.75) is 31.4 Å². The minimum absolute atomic E-state index is 0.254. The Hall–Kier alpha value is -1.28.